The third-order valence-corrected chi connectivity index (χ3v) is 17.1. The molecule has 16 rings (SSSR count). The standard InChI is InChI=1S/C40H26.C26H19BO2.C14H9I/c1-2-12-27(13-3-1)32-16-6-7-17-34(32)40-37-20-10-8-18-35(37)39(36-19-9-11-21-38(36)40)30-24-25-33-29(26-30)23-22-28-14-4-5-15-31(28)33;28-27(29)26-23-16-8-6-14-21(23)25(22-15-7-9-17-24(22)26)20-13-5-4-12-19(20)18-10-2-1-3-11-18;15-12-7-8-14-11(9-12)6-5-10-3-1-2-4-13(10)14/h1-26H;1-17,28-29H;1-9H. The monoisotopic (exact) mass is 1180 g/mol. The van der Waals surface area contributed by atoms with Gasteiger partial charge in [-0.1, -0.05) is 297 Å². The topological polar surface area (TPSA) is 40.5 Å². The van der Waals surface area contributed by atoms with E-state index in [1.165, 1.54) is 102 Å². The molecule has 16 aromatic carbocycles. The fourth-order valence-electron chi connectivity index (χ4n) is 12.8. The fraction of sp³-hybridized carbons (Fsp3) is 0. The van der Waals surface area contributed by atoms with Crippen molar-refractivity contribution in [1.82, 2.24) is 0 Å². The molecular formula is C80H54BIO2. The summed E-state index contributed by atoms with van der Waals surface area (Å²) in [6, 6.07) is 112. The maximum absolute atomic E-state index is 10.2. The van der Waals surface area contributed by atoms with Crippen LogP contribution in [0.3, 0.4) is 0 Å². The van der Waals surface area contributed by atoms with Gasteiger partial charge in [-0.15, -0.1) is 0 Å². The molecule has 0 amide bonds. The van der Waals surface area contributed by atoms with Gasteiger partial charge in [-0.05, 0) is 188 Å². The first-order valence-corrected chi connectivity index (χ1v) is 29.6. The van der Waals surface area contributed by atoms with Gasteiger partial charge in [0.2, 0.25) is 0 Å². The van der Waals surface area contributed by atoms with Crippen LogP contribution in [0.5, 0.6) is 0 Å². The largest absolute Gasteiger partial charge is 0.489 e. The van der Waals surface area contributed by atoms with Gasteiger partial charge >= 0.3 is 7.12 Å². The van der Waals surface area contributed by atoms with Crippen LogP contribution in [0.1, 0.15) is 0 Å². The number of hydrogen-bond acceptors (Lipinski definition) is 2. The van der Waals surface area contributed by atoms with Crippen LogP contribution in [0.15, 0.2) is 315 Å². The molecule has 0 aliphatic carbocycles. The van der Waals surface area contributed by atoms with Crippen molar-refractivity contribution in [3.8, 4) is 55.6 Å². The summed E-state index contributed by atoms with van der Waals surface area (Å²) in [5.74, 6) is 0. The van der Waals surface area contributed by atoms with Crippen LogP contribution in [-0.2, 0) is 0 Å². The van der Waals surface area contributed by atoms with Crippen molar-refractivity contribution in [3.63, 3.8) is 0 Å². The highest BCUT2D eigenvalue weighted by atomic mass is 127. The van der Waals surface area contributed by atoms with Crippen molar-refractivity contribution in [1.29, 1.82) is 0 Å². The molecule has 0 heterocycles. The predicted molar refractivity (Wildman–Crippen MR) is 369 cm³/mol. The quantitative estimate of drug-likeness (QED) is 0.0754. The minimum absolute atomic E-state index is 0.553. The van der Waals surface area contributed by atoms with Crippen molar-refractivity contribution >= 4 is 121 Å². The Morgan fingerprint density at radius 3 is 0.964 bits per heavy atom. The summed E-state index contributed by atoms with van der Waals surface area (Å²) in [4.78, 5) is 0. The highest BCUT2D eigenvalue weighted by molar-refractivity contribution is 14.1. The molecule has 0 radical (unpaired) electrons. The maximum atomic E-state index is 10.2. The summed E-state index contributed by atoms with van der Waals surface area (Å²) >= 11 is 2.35. The van der Waals surface area contributed by atoms with E-state index in [1.54, 1.807) is 0 Å². The molecule has 0 unspecified atom stereocenters. The second kappa shape index (κ2) is 22.9. The zero-order chi connectivity index (χ0) is 56.5. The Labute approximate surface area is 502 Å². The third-order valence-electron chi connectivity index (χ3n) is 16.5. The van der Waals surface area contributed by atoms with Crippen molar-refractivity contribution in [2.75, 3.05) is 0 Å². The second-order valence-corrected chi connectivity index (χ2v) is 22.5. The smallest absolute Gasteiger partial charge is 0.423 e. The van der Waals surface area contributed by atoms with Crippen LogP contribution >= 0.6 is 22.6 Å². The third kappa shape index (κ3) is 9.74. The minimum atomic E-state index is -1.54. The summed E-state index contributed by atoms with van der Waals surface area (Å²) in [5.41, 5.74) is 12.7. The molecule has 0 bridgehead atoms. The van der Waals surface area contributed by atoms with E-state index in [1.807, 2.05) is 54.6 Å². The first-order chi connectivity index (χ1) is 41.5. The van der Waals surface area contributed by atoms with E-state index < -0.39 is 7.12 Å². The lowest BCUT2D eigenvalue weighted by Gasteiger charge is -2.20. The van der Waals surface area contributed by atoms with Gasteiger partial charge in [0.05, 0.1) is 0 Å². The van der Waals surface area contributed by atoms with Crippen LogP contribution in [-0.4, -0.2) is 17.2 Å². The molecule has 0 atom stereocenters. The van der Waals surface area contributed by atoms with E-state index >= 15 is 0 Å². The molecule has 16 aromatic rings. The van der Waals surface area contributed by atoms with E-state index in [4.69, 9.17) is 0 Å². The molecule has 0 spiro atoms. The zero-order valence-electron chi connectivity index (χ0n) is 45.9. The lowest BCUT2D eigenvalue weighted by molar-refractivity contribution is 0.426. The summed E-state index contributed by atoms with van der Waals surface area (Å²) in [6.45, 7) is 0. The van der Waals surface area contributed by atoms with E-state index in [-0.39, 0.29) is 0 Å². The number of halogens is 1. The van der Waals surface area contributed by atoms with Crippen LogP contribution < -0.4 is 5.46 Å². The van der Waals surface area contributed by atoms with Gasteiger partial charge in [-0.3, -0.25) is 0 Å². The summed E-state index contributed by atoms with van der Waals surface area (Å²) in [7, 11) is -1.54. The van der Waals surface area contributed by atoms with Crippen LogP contribution in [0.25, 0.3) is 142 Å². The maximum Gasteiger partial charge on any atom is 0.489 e. The van der Waals surface area contributed by atoms with E-state index in [0.29, 0.717) is 5.46 Å². The lowest BCUT2D eigenvalue weighted by atomic mass is 9.72. The molecule has 0 fully saturated rings. The Balaban J connectivity index is 0.000000124. The Morgan fingerprint density at radius 2 is 0.524 bits per heavy atom. The van der Waals surface area contributed by atoms with Crippen LogP contribution in [0.4, 0.5) is 0 Å². The van der Waals surface area contributed by atoms with Gasteiger partial charge in [0, 0.05) is 3.57 Å². The SMILES string of the molecule is Ic1ccc2c(ccc3ccccc32)c1.OB(O)c1c2ccccc2c(-c2ccccc2-c2ccccc2)c2ccccc12.c1ccc(-c2ccccc2-c2c3ccccc3c(-c3ccc4c(ccc5ccccc54)c3)c3ccccc23)cc1. The molecular weight excluding hydrogens is 1130 g/mol. The minimum Gasteiger partial charge on any atom is -0.423 e. The molecule has 0 saturated heterocycles. The first-order valence-electron chi connectivity index (χ1n) is 28.5. The normalized spacial score (nSPS) is 11.3. The molecule has 2 N–H and O–H groups in total. The lowest BCUT2D eigenvalue weighted by Crippen LogP contribution is -2.31. The van der Waals surface area contributed by atoms with Gasteiger partial charge < -0.3 is 10.0 Å². The Kier molecular flexibility index (Phi) is 14.3. The molecule has 4 heteroatoms. The molecule has 0 aliphatic rings. The summed E-state index contributed by atoms with van der Waals surface area (Å²) in [6.07, 6.45) is 0. The number of benzene rings is 16. The average Bonchev–Trinajstić information content (AvgIpc) is 2.43. The number of rotatable bonds is 6. The Bertz CT molecular complexity index is 5020. The van der Waals surface area contributed by atoms with E-state index in [9.17, 15) is 10.0 Å². The molecule has 396 valence electrons. The fourth-order valence-corrected chi connectivity index (χ4v) is 13.3. The molecule has 0 aliphatic heterocycles. The number of fused-ring (bicyclic) bond motifs is 10. The van der Waals surface area contributed by atoms with Crippen molar-refractivity contribution < 1.29 is 10.0 Å². The molecule has 0 saturated carbocycles. The van der Waals surface area contributed by atoms with E-state index in [2.05, 4.69) is 283 Å². The van der Waals surface area contributed by atoms with Crippen molar-refractivity contribution in [3.05, 3.63) is 319 Å². The van der Waals surface area contributed by atoms with Crippen molar-refractivity contribution in [2.24, 2.45) is 0 Å². The Morgan fingerprint density at radius 1 is 0.214 bits per heavy atom. The van der Waals surface area contributed by atoms with Gasteiger partial charge in [0.15, 0.2) is 0 Å². The van der Waals surface area contributed by atoms with Gasteiger partial charge in [0.1, 0.15) is 0 Å². The predicted octanol–water partition coefficient (Wildman–Crippen LogP) is 20.9. The Hall–Kier alpha value is -9.69. The van der Waals surface area contributed by atoms with Gasteiger partial charge in [-0.25, -0.2) is 0 Å². The second-order valence-electron chi connectivity index (χ2n) is 21.3. The summed E-state index contributed by atoms with van der Waals surface area (Å²) in [5, 5.41) is 39.6. The molecule has 2 nitrogen and oxygen atoms in total. The van der Waals surface area contributed by atoms with Crippen molar-refractivity contribution in [2.45, 2.75) is 0 Å². The highest BCUT2D eigenvalue weighted by Crippen LogP contribution is 2.47. The zero-order valence-corrected chi connectivity index (χ0v) is 48.0. The van der Waals surface area contributed by atoms with E-state index in [0.717, 1.165) is 43.8 Å². The molecule has 0 aromatic heterocycles. The first kappa shape index (κ1) is 52.4. The summed E-state index contributed by atoms with van der Waals surface area (Å²) < 4.78 is 1.29. The molecule has 84 heavy (non-hydrogen) atoms. The van der Waals surface area contributed by atoms with Crippen LogP contribution in [0.2, 0.25) is 0 Å². The van der Waals surface area contributed by atoms with Crippen LogP contribution in [0, 0.1) is 3.57 Å². The highest BCUT2D eigenvalue weighted by Gasteiger charge is 2.24. The average molecular weight is 1190 g/mol. The van der Waals surface area contributed by atoms with Gasteiger partial charge in [-0.2, -0.15) is 0 Å². The number of hydrogen-bond donors (Lipinski definition) is 2. The van der Waals surface area contributed by atoms with Gasteiger partial charge in [0.25, 0.3) is 0 Å².